The molecule has 0 aromatic heterocycles. The van der Waals surface area contributed by atoms with Gasteiger partial charge in [0.2, 0.25) is 0 Å². The standard InChI is InChI=1S/C11H23N/c1-5-8-11(7-3)10-12(4)9-6-2/h10H,5-9H2,1-4H3/b11-10-. The Hall–Kier alpha value is -0.460. The first kappa shape index (κ1) is 11.5. The summed E-state index contributed by atoms with van der Waals surface area (Å²) in [5.74, 6) is 0. The highest BCUT2D eigenvalue weighted by atomic mass is 15.1. The third-order valence-corrected chi connectivity index (χ3v) is 2.00. The van der Waals surface area contributed by atoms with Gasteiger partial charge in [0.05, 0.1) is 0 Å². The van der Waals surface area contributed by atoms with Crippen LogP contribution in [0.3, 0.4) is 0 Å². The number of rotatable bonds is 6. The van der Waals surface area contributed by atoms with Crippen LogP contribution in [0, 0.1) is 0 Å². The fourth-order valence-electron chi connectivity index (χ4n) is 1.38. The second kappa shape index (κ2) is 7.20. The van der Waals surface area contributed by atoms with Gasteiger partial charge in [-0.15, -0.1) is 0 Å². The molecule has 0 bridgehead atoms. The van der Waals surface area contributed by atoms with Crippen molar-refractivity contribution in [2.75, 3.05) is 13.6 Å². The van der Waals surface area contributed by atoms with E-state index in [1.54, 1.807) is 5.57 Å². The first-order valence-electron chi connectivity index (χ1n) is 5.14. The molecule has 0 atom stereocenters. The average molecular weight is 169 g/mol. The molecule has 0 spiro atoms. The fourth-order valence-corrected chi connectivity index (χ4v) is 1.38. The van der Waals surface area contributed by atoms with Crippen LogP contribution in [0.1, 0.15) is 46.5 Å². The molecule has 0 fully saturated rings. The summed E-state index contributed by atoms with van der Waals surface area (Å²) in [6, 6.07) is 0. The van der Waals surface area contributed by atoms with Gasteiger partial charge in [0.15, 0.2) is 0 Å². The van der Waals surface area contributed by atoms with Gasteiger partial charge in [-0.05, 0) is 25.5 Å². The first-order chi connectivity index (χ1) is 5.74. The Bertz CT molecular complexity index is 127. The monoisotopic (exact) mass is 169 g/mol. The van der Waals surface area contributed by atoms with Crippen molar-refractivity contribution in [2.45, 2.75) is 46.5 Å². The van der Waals surface area contributed by atoms with Gasteiger partial charge in [0, 0.05) is 13.6 Å². The molecule has 1 heteroatoms. The molecule has 0 aliphatic heterocycles. The highest BCUT2D eigenvalue weighted by molar-refractivity contribution is 4.99. The molecule has 0 radical (unpaired) electrons. The van der Waals surface area contributed by atoms with E-state index in [1.807, 2.05) is 0 Å². The van der Waals surface area contributed by atoms with E-state index >= 15 is 0 Å². The topological polar surface area (TPSA) is 3.24 Å². The molecule has 0 aromatic rings. The Morgan fingerprint density at radius 2 is 1.83 bits per heavy atom. The summed E-state index contributed by atoms with van der Waals surface area (Å²) in [5, 5.41) is 0. The molecular formula is C11H23N. The van der Waals surface area contributed by atoms with E-state index in [1.165, 1.54) is 32.2 Å². The summed E-state index contributed by atoms with van der Waals surface area (Å²) >= 11 is 0. The molecule has 0 heterocycles. The van der Waals surface area contributed by atoms with Crippen LogP contribution >= 0.6 is 0 Å². The molecule has 0 aliphatic rings. The summed E-state index contributed by atoms with van der Waals surface area (Å²) < 4.78 is 0. The Labute approximate surface area is 77.5 Å². The minimum Gasteiger partial charge on any atom is -0.380 e. The third kappa shape index (κ3) is 5.22. The molecule has 0 saturated carbocycles. The van der Waals surface area contributed by atoms with Crippen LogP contribution in [0.15, 0.2) is 11.8 Å². The van der Waals surface area contributed by atoms with Crippen molar-refractivity contribution < 1.29 is 0 Å². The van der Waals surface area contributed by atoms with Crippen molar-refractivity contribution >= 4 is 0 Å². The van der Waals surface area contributed by atoms with Crippen LogP contribution in [0.5, 0.6) is 0 Å². The molecule has 1 nitrogen and oxygen atoms in total. The van der Waals surface area contributed by atoms with E-state index in [-0.39, 0.29) is 0 Å². The van der Waals surface area contributed by atoms with Gasteiger partial charge in [-0.25, -0.2) is 0 Å². The van der Waals surface area contributed by atoms with Gasteiger partial charge >= 0.3 is 0 Å². The first-order valence-corrected chi connectivity index (χ1v) is 5.14. The van der Waals surface area contributed by atoms with Crippen molar-refractivity contribution in [1.82, 2.24) is 4.90 Å². The summed E-state index contributed by atoms with van der Waals surface area (Å²) in [6.07, 6.45) is 7.26. The number of allylic oxidation sites excluding steroid dienone is 1. The molecule has 0 saturated heterocycles. The third-order valence-electron chi connectivity index (χ3n) is 2.00. The van der Waals surface area contributed by atoms with Gasteiger partial charge in [0.25, 0.3) is 0 Å². The van der Waals surface area contributed by atoms with E-state index < -0.39 is 0 Å². The van der Waals surface area contributed by atoms with E-state index in [9.17, 15) is 0 Å². The summed E-state index contributed by atoms with van der Waals surface area (Å²) in [6.45, 7) is 7.87. The molecule has 0 amide bonds. The average Bonchev–Trinajstić information content (AvgIpc) is 2.04. The molecule has 0 rings (SSSR count). The summed E-state index contributed by atoms with van der Waals surface area (Å²) in [7, 11) is 2.16. The van der Waals surface area contributed by atoms with Crippen LogP contribution in [0.25, 0.3) is 0 Å². The molecule has 0 N–H and O–H groups in total. The molecule has 0 aromatic carbocycles. The summed E-state index contributed by atoms with van der Waals surface area (Å²) in [4.78, 5) is 2.30. The predicted molar refractivity (Wildman–Crippen MR) is 56.2 cm³/mol. The van der Waals surface area contributed by atoms with Gasteiger partial charge < -0.3 is 4.90 Å². The quantitative estimate of drug-likeness (QED) is 0.589. The van der Waals surface area contributed by atoms with Crippen LogP contribution in [0.2, 0.25) is 0 Å². The minimum absolute atomic E-state index is 1.17. The lowest BCUT2D eigenvalue weighted by Crippen LogP contribution is -2.12. The van der Waals surface area contributed by atoms with Gasteiger partial charge in [-0.3, -0.25) is 0 Å². The van der Waals surface area contributed by atoms with Gasteiger partial charge in [-0.2, -0.15) is 0 Å². The van der Waals surface area contributed by atoms with Crippen molar-refractivity contribution in [3.05, 3.63) is 11.8 Å². The highest BCUT2D eigenvalue weighted by Crippen LogP contribution is 2.09. The van der Waals surface area contributed by atoms with Crippen molar-refractivity contribution in [2.24, 2.45) is 0 Å². The van der Waals surface area contributed by atoms with Gasteiger partial charge in [-0.1, -0.05) is 32.8 Å². The minimum atomic E-state index is 1.17. The highest BCUT2D eigenvalue weighted by Gasteiger charge is 1.94. The fraction of sp³-hybridized carbons (Fsp3) is 0.818. The van der Waals surface area contributed by atoms with E-state index in [4.69, 9.17) is 0 Å². The lowest BCUT2D eigenvalue weighted by Gasteiger charge is -2.14. The van der Waals surface area contributed by atoms with Crippen molar-refractivity contribution in [3.63, 3.8) is 0 Å². The van der Waals surface area contributed by atoms with Crippen molar-refractivity contribution in [3.8, 4) is 0 Å². The number of hydrogen-bond acceptors (Lipinski definition) is 1. The largest absolute Gasteiger partial charge is 0.380 e. The molecule has 0 unspecified atom stereocenters. The molecular weight excluding hydrogens is 146 g/mol. The number of nitrogens with zero attached hydrogens (tertiary/aromatic N) is 1. The molecule has 12 heavy (non-hydrogen) atoms. The second-order valence-electron chi connectivity index (χ2n) is 3.37. The predicted octanol–water partition coefficient (Wildman–Crippen LogP) is 3.42. The normalized spacial score (nSPS) is 11.8. The number of hydrogen-bond donors (Lipinski definition) is 0. The lowest BCUT2D eigenvalue weighted by molar-refractivity contribution is 0.447. The zero-order valence-electron chi connectivity index (χ0n) is 9.06. The molecule has 0 aliphatic carbocycles. The summed E-state index contributed by atoms with van der Waals surface area (Å²) in [5.41, 5.74) is 1.58. The Morgan fingerprint density at radius 1 is 1.17 bits per heavy atom. The Balaban J connectivity index is 3.88. The van der Waals surface area contributed by atoms with Crippen molar-refractivity contribution in [1.29, 1.82) is 0 Å². The van der Waals surface area contributed by atoms with E-state index in [2.05, 4.69) is 38.9 Å². The Kier molecular flexibility index (Phi) is 6.93. The van der Waals surface area contributed by atoms with Gasteiger partial charge in [0.1, 0.15) is 0 Å². The zero-order chi connectivity index (χ0) is 9.40. The maximum atomic E-state index is 2.31. The van der Waals surface area contributed by atoms with Crippen LogP contribution < -0.4 is 0 Å². The second-order valence-corrected chi connectivity index (χ2v) is 3.37. The lowest BCUT2D eigenvalue weighted by atomic mass is 10.1. The van der Waals surface area contributed by atoms with Crippen LogP contribution in [-0.4, -0.2) is 18.5 Å². The maximum Gasteiger partial charge on any atom is 0.0166 e. The van der Waals surface area contributed by atoms with E-state index in [0.717, 1.165) is 0 Å². The zero-order valence-corrected chi connectivity index (χ0v) is 9.06. The van der Waals surface area contributed by atoms with Crippen LogP contribution in [0.4, 0.5) is 0 Å². The smallest absolute Gasteiger partial charge is 0.0166 e. The van der Waals surface area contributed by atoms with Crippen LogP contribution in [-0.2, 0) is 0 Å². The Morgan fingerprint density at radius 3 is 2.25 bits per heavy atom. The molecule has 72 valence electrons. The maximum absolute atomic E-state index is 2.31. The van der Waals surface area contributed by atoms with E-state index in [0.29, 0.717) is 0 Å². The SMILES string of the molecule is CCC/C(=C\N(C)CCC)CC.